The summed E-state index contributed by atoms with van der Waals surface area (Å²) >= 11 is 0. The molecule has 3 rings (SSSR count). The van der Waals surface area contributed by atoms with E-state index in [1.807, 2.05) is 0 Å². The van der Waals surface area contributed by atoms with E-state index in [4.69, 9.17) is 0 Å². The molecule has 0 aromatic carbocycles. The van der Waals surface area contributed by atoms with E-state index in [2.05, 4.69) is 13.8 Å². The zero-order chi connectivity index (χ0) is 8.66. The number of fused-ring (bicyclic) bond motifs is 3. The summed E-state index contributed by atoms with van der Waals surface area (Å²) < 4.78 is 0. The Balaban J connectivity index is 2.04. The zero-order valence-electron chi connectivity index (χ0n) is 8.36. The molecule has 0 heterocycles. The van der Waals surface area contributed by atoms with Crippen molar-refractivity contribution in [2.24, 2.45) is 10.8 Å². The summed E-state index contributed by atoms with van der Waals surface area (Å²) in [6.07, 6.45) is 11.5. The lowest BCUT2D eigenvalue weighted by molar-refractivity contribution is 0.0128. The van der Waals surface area contributed by atoms with Crippen molar-refractivity contribution < 1.29 is 0 Å². The molecule has 0 amide bonds. The molecule has 69 valence electrons. The molecule has 3 fully saturated rings. The van der Waals surface area contributed by atoms with E-state index >= 15 is 0 Å². The molecule has 3 saturated carbocycles. The highest BCUT2D eigenvalue weighted by Crippen LogP contribution is 2.58. The maximum absolute atomic E-state index is 4.38. The van der Waals surface area contributed by atoms with Gasteiger partial charge in [0.05, 0.1) is 0 Å². The van der Waals surface area contributed by atoms with Crippen LogP contribution in [0.3, 0.4) is 0 Å². The van der Waals surface area contributed by atoms with Crippen LogP contribution in [0.4, 0.5) is 0 Å². The van der Waals surface area contributed by atoms with Gasteiger partial charge in [0.1, 0.15) is 0 Å². The van der Waals surface area contributed by atoms with Crippen LogP contribution in [0.2, 0.25) is 0 Å². The normalized spacial score (nSPS) is 46.5. The fourth-order valence-electron chi connectivity index (χ4n) is 3.25. The minimum absolute atomic E-state index is 0.509. The summed E-state index contributed by atoms with van der Waals surface area (Å²) in [6.45, 7) is 6.71. The van der Waals surface area contributed by atoms with Crippen molar-refractivity contribution in [1.29, 1.82) is 0 Å². The molecule has 0 saturated heterocycles. The second kappa shape index (κ2) is 2.75. The Labute approximate surface area is 76.7 Å². The van der Waals surface area contributed by atoms with E-state index in [1.165, 1.54) is 51.4 Å². The maximum atomic E-state index is 4.38. The molecule has 3 aliphatic rings. The van der Waals surface area contributed by atoms with Gasteiger partial charge < -0.3 is 0 Å². The Hall–Kier alpha value is 0. The predicted molar refractivity (Wildman–Crippen MR) is 52.8 cm³/mol. The second-order valence-corrected chi connectivity index (χ2v) is 5.25. The Bertz CT molecular complexity index is 144. The minimum atomic E-state index is 0.509. The standard InChI is InChI=1S/C12H21/c1-3-4-12-8-5-11(2,6-9-12)7-10-12/h2-10H2,1H3. The van der Waals surface area contributed by atoms with Crippen LogP contribution < -0.4 is 0 Å². The van der Waals surface area contributed by atoms with Crippen LogP contribution in [0.1, 0.15) is 58.3 Å². The highest BCUT2D eigenvalue weighted by molar-refractivity contribution is 5.00. The van der Waals surface area contributed by atoms with Gasteiger partial charge in [-0.1, -0.05) is 13.3 Å². The van der Waals surface area contributed by atoms with E-state index in [-0.39, 0.29) is 0 Å². The van der Waals surface area contributed by atoms with Crippen LogP contribution in [-0.4, -0.2) is 0 Å². The fraction of sp³-hybridized carbons (Fsp3) is 0.917. The SMILES string of the molecule is [CH2]C12CCC(CCC)(CC1)CC2. The van der Waals surface area contributed by atoms with Gasteiger partial charge in [-0.15, -0.1) is 0 Å². The van der Waals surface area contributed by atoms with E-state index in [1.54, 1.807) is 0 Å². The lowest BCUT2D eigenvalue weighted by Crippen LogP contribution is -2.39. The van der Waals surface area contributed by atoms with Crippen molar-refractivity contribution in [2.45, 2.75) is 58.3 Å². The Kier molecular flexibility index (Phi) is 1.97. The van der Waals surface area contributed by atoms with Crippen LogP contribution in [0.15, 0.2) is 0 Å². The first-order valence-electron chi connectivity index (χ1n) is 5.54. The van der Waals surface area contributed by atoms with Crippen molar-refractivity contribution in [2.75, 3.05) is 0 Å². The minimum Gasteiger partial charge on any atom is -0.0654 e. The molecule has 0 aliphatic heterocycles. The summed E-state index contributed by atoms with van der Waals surface area (Å²) in [7, 11) is 0. The molecule has 0 spiro atoms. The monoisotopic (exact) mass is 165 g/mol. The smallest absolute Gasteiger partial charge is 0.0297 e. The van der Waals surface area contributed by atoms with Crippen LogP contribution in [0, 0.1) is 17.8 Å². The van der Waals surface area contributed by atoms with Crippen molar-refractivity contribution in [3.63, 3.8) is 0 Å². The van der Waals surface area contributed by atoms with Crippen molar-refractivity contribution in [1.82, 2.24) is 0 Å². The van der Waals surface area contributed by atoms with Crippen molar-refractivity contribution in [3.8, 4) is 0 Å². The number of hydrogen-bond donors (Lipinski definition) is 0. The van der Waals surface area contributed by atoms with Crippen LogP contribution in [0.25, 0.3) is 0 Å². The van der Waals surface area contributed by atoms with Gasteiger partial charge in [0.25, 0.3) is 0 Å². The third-order valence-electron chi connectivity index (χ3n) is 4.34. The van der Waals surface area contributed by atoms with Crippen LogP contribution in [0.5, 0.6) is 0 Å². The lowest BCUT2D eigenvalue weighted by atomic mass is 9.53. The summed E-state index contributed by atoms with van der Waals surface area (Å²) in [6, 6.07) is 0. The Morgan fingerprint density at radius 2 is 1.50 bits per heavy atom. The van der Waals surface area contributed by atoms with Crippen molar-refractivity contribution in [3.05, 3.63) is 6.92 Å². The summed E-state index contributed by atoms with van der Waals surface area (Å²) in [4.78, 5) is 0. The first-order valence-corrected chi connectivity index (χ1v) is 5.54. The van der Waals surface area contributed by atoms with Crippen LogP contribution in [-0.2, 0) is 0 Å². The quantitative estimate of drug-likeness (QED) is 0.581. The molecule has 0 aromatic rings. The summed E-state index contributed by atoms with van der Waals surface area (Å²) in [5, 5.41) is 0. The van der Waals surface area contributed by atoms with Crippen molar-refractivity contribution >= 4 is 0 Å². The first kappa shape index (κ1) is 8.59. The van der Waals surface area contributed by atoms with E-state index < -0.39 is 0 Å². The van der Waals surface area contributed by atoms with Gasteiger partial charge in [0, 0.05) is 0 Å². The highest BCUT2D eigenvalue weighted by atomic mass is 14.5. The molecule has 0 atom stereocenters. The molecule has 3 aliphatic carbocycles. The van der Waals surface area contributed by atoms with E-state index in [0.29, 0.717) is 5.41 Å². The molecule has 12 heavy (non-hydrogen) atoms. The van der Waals surface area contributed by atoms with Crippen LogP contribution >= 0.6 is 0 Å². The maximum Gasteiger partial charge on any atom is -0.0297 e. The van der Waals surface area contributed by atoms with Gasteiger partial charge >= 0.3 is 0 Å². The van der Waals surface area contributed by atoms with E-state index in [9.17, 15) is 0 Å². The second-order valence-electron chi connectivity index (χ2n) is 5.25. The van der Waals surface area contributed by atoms with Gasteiger partial charge in [-0.25, -0.2) is 0 Å². The molecule has 0 unspecified atom stereocenters. The zero-order valence-corrected chi connectivity index (χ0v) is 8.36. The summed E-state index contributed by atoms with van der Waals surface area (Å²) in [5.74, 6) is 0. The molecular weight excluding hydrogens is 144 g/mol. The lowest BCUT2D eigenvalue weighted by Gasteiger charge is -2.52. The number of rotatable bonds is 2. The highest BCUT2D eigenvalue weighted by Gasteiger charge is 2.45. The van der Waals surface area contributed by atoms with Gasteiger partial charge in [-0.05, 0) is 62.7 Å². The van der Waals surface area contributed by atoms with Gasteiger partial charge in [0.15, 0.2) is 0 Å². The third-order valence-corrected chi connectivity index (χ3v) is 4.34. The molecule has 2 bridgehead atoms. The fourth-order valence-corrected chi connectivity index (χ4v) is 3.25. The van der Waals surface area contributed by atoms with Gasteiger partial charge in [0.2, 0.25) is 0 Å². The number of hydrogen-bond acceptors (Lipinski definition) is 0. The molecule has 0 nitrogen and oxygen atoms in total. The molecule has 0 aromatic heterocycles. The van der Waals surface area contributed by atoms with E-state index in [0.717, 1.165) is 5.41 Å². The average Bonchev–Trinajstić information content (AvgIpc) is 2.08. The Morgan fingerprint density at radius 3 is 1.92 bits per heavy atom. The molecule has 0 N–H and O–H groups in total. The largest absolute Gasteiger partial charge is 0.0654 e. The van der Waals surface area contributed by atoms with Gasteiger partial charge in [-0.2, -0.15) is 0 Å². The average molecular weight is 165 g/mol. The molecular formula is C12H21. The topological polar surface area (TPSA) is 0 Å². The van der Waals surface area contributed by atoms with Gasteiger partial charge in [-0.3, -0.25) is 0 Å². The molecule has 1 radical (unpaired) electrons. The predicted octanol–water partition coefficient (Wildman–Crippen LogP) is 3.96. The third kappa shape index (κ3) is 1.30. The Morgan fingerprint density at radius 1 is 1.00 bits per heavy atom. The molecule has 0 heteroatoms. The summed E-state index contributed by atoms with van der Waals surface area (Å²) in [5.41, 5.74) is 1.28. The first-order chi connectivity index (χ1) is 5.68.